The van der Waals surface area contributed by atoms with Crippen LogP contribution in [0.4, 0.5) is 5.69 Å². The molecular weight excluding hydrogens is 278 g/mol. The third kappa shape index (κ3) is 3.83. The first-order chi connectivity index (χ1) is 9.45. The van der Waals surface area contributed by atoms with Gasteiger partial charge in [0.2, 0.25) is 5.91 Å². The van der Waals surface area contributed by atoms with E-state index in [2.05, 4.69) is 5.32 Å². The molecule has 0 saturated heterocycles. The maximum absolute atomic E-state index is 11.7. The Labute approximate surface area is 116 Å². The quantitative estimate of drug-likeness (QED) is 0.877. The molecule has 6 heteroatoms. The number of anilines is 1. The topological polar surface area (TPSA) is 76.4 Å². The highest BCUT2D eigenvalue weighted by molar-refractivity contribution is 7.90. The Bertz CT molecular complexity index is 730. The van der Waals surface area contributed by atoms with E-state index in [4.69, 9.17) is 4.42 Å². The SMILES string of the molecule is CS(=O)(=O)c1cccc(NC(=O)/C=C/c2ccco2)c1. The van der Waals surface area contributed by atoms with Gasteiger partial charge in [-0.25, -0.2) is 8.42 Å². The Morgan fingerprint density at radius 2 is 2.05 bits per heavy atom. The van der Waals surface area contributed by atoms with E-state index >= 15 is 0 Å². The van der Waals surface area contributed by atoms with Crippen molar-refractivity contribution in [2.24, 2.45) is 0 Å². The zero-order valence-corrected chi connectivity index (χ0v) is 11.6. The summed E-state index contributed by atoms with van der Waals surface area (Å²) in [5, 5.41) is 2.58. The van der Waals surface area contributed by atoms with Crippen LogP contribution in [0.3, 0.4) is 0 Å². The lowest BCUT2D eigenvalue weighted by Crippen LogP contribution is -2.08. The molecule has 5 nitrogen and oxygen atoms in total. The van der Waals surface area contributed by atoms with Crippen molar-refractivity contribution in [2.75, 3.05) is 11.6 Å². The molecule has 0 aliphatic carbocycles. The van der Waals surface area contributed by atoms with Crippen LogP contribution in [0.1, 0.15) is 5.76 Å². The molecule has 0 aliphatic rings. The summed E-state index contributed by atoms with van der Waals surface area (Å²) in [4.78, 5) is 11.8. The van der Waals surface area contributed by atoms with Gasteiger partial charge < -0.3 is 9.73 Å². The molecule has 0 saturated carbocycles. The molecule has 0 fully saturated rings. The van der Waals surface area contributed by atoms with Crippen LogP contribution in [-0.2, 0) is 14.6 Å². The van der Waals surface area contributed by atoms with E-state index in [1.807, 2.05) is 0 Å². The van der Waals surface area contributed by atoms with Crippen LogP contribution in [0.5, 0.6) is 0 Å². The number of furan rings is 1. The molecule has 20 heavy (non-hydrogen) atoms. The molecule has 1 amide bonds. The lowest BCUT2D eigenvalue weighted by molar-refractivity contribution is -0.111. The van der Waals surface area contributed by atoms with Crippen molar-refractivity contribution >= 4 is 27.5 Å². The molecule has 2 aromatic rings. The molecular formula is C14H13NO4S. The molecule has 0 spiro atoms. The van der Waals surface area contributed by atoms with Gasteiger partial charge in [-0.15, -0.1) is 0 Å². The summed E-state index contributed by atoms with van der Waals surface area (Å²) < 4.78 is 27.9. The van der Waals surface area contributed by atoms with E-state index in [0.29, 0.717) is 11.4 Å². The molecule has 1 aromatic heterocycles. The van der Waals surface area contributed by atoms with Gasteiger partial charge in [0.05, 0.1) is 11.2 Å². The van der Waals surface area contributed by atoms with E-state index < -0.39 is 9.84 Å². The Balaban J connectivity index is 2.08. The zero-order chi connectivity index (χ0) is 14.6. The number of hydrogen-bond acceptors (Lipinski definition) is 4. The van der Waals surface area contributed by atoms with Gasteiger partial charge in [0.15, 0.2) is 9.84 Å². The Hall–Kier alpha value is -2.34. The monoisotopic (exact) mass is 291 g/mol. The summed E-state index contributed by atoms with van der Waals surface area (Å²) in [6.45, 7) is 0. The van der Waals surface area contributed by atoms with Crippen molar-refractivity contribution in [1.29, 1.82) is 0 Å². The van der Waals surface area contributed by atoms with Gasteiger partial charge in [0.1, 0.15) is 5.76 Å². The lowest BCUT2D eigenvalue weighted by Gasteiger charge is -2.04. The lowest BCUT2D eigenvalue weighted by atomic mass is 10.3. The largest absolute Gasteiger partial charge is 0.465 e. The van der Waals surface area contributed by atoms with Crippen LogP contribution < -0.4 is 5.32 Å². The van der Waals surface area contributed by atoms with Gasteiger partial charge in [0.25, 0.3) is 0 Å². The van der Waals surface area contributed by atoms with Crippen molar-refractivity contribution in [3.8, 4) is 0 Å². The van der Waals surface area contributed by atoms with Gasteiger partial charge in [-0.2, -0.15) is 0 Å². The second-order valence-corrected chi connectivity index (χ2v) is 6.15. The highest BCUT2D eigenvalue weighted by atomic mass is 32.2. The van der Waals surface area contributed by atoms with Crippen LogP contribution in [0.15, 0.2) is 58.1 Å². The van der Waals surface area contributed by atoms with E-state index in [1.165, 1.54) is 30.5 Å². The smallest absolute Gasteiger partial charge is 0.248 e. The highest BCUT2D eigenvalue weighted by Crippen LogP contribution is 2.15. The first-order valence-corrected chi connectivity index (χ1v) is 7.67. The summed E-state index contributed by atoms with van der Waals surface area (Å²) in [6, 6.07) is 9.51. The van der Waals surface area contributed by atoms with Gasteiger partial charge in [-0.05, 0) is 36.4 Å². The van der Waals surface area contributed by atoms with Gasteiger partial charge >= 0.3 is 0 Å². The fourth-order valence-electron chi connectivity index (χ4n) is 1.53. The molecule has 0 radical (unpaired) electrons. The van der Waals surface area contributed by atoms with Crippen molar-refractivity contribution in [3.63, 3.8) is 0 Å². The summed E-state index contributed by atoms with van der Waals surface area (Å²) in [6.07, 6.45) is 5.46. The number of sulfone groups is 1. The molecule has 1 heterocycles. The molecule has 0 unspecified atom stereocenters. The van der Waals surface area contributed by atoms with Gasteiger partial charge in [0, 0.05) is 18.0 Å². The minimum Gasteiger partial charge on any atom is -0.465 e. The number of carbonyl (C=O) groups excluding carboxylic acids is 1. The molecule has 0 aliphatic heterocycles. The average Bonchev–Trinajstić information content (AvgIpc) is 2.89. The number of amides is 1. The zero-order valence-electron chi connectivity index (χ0n) is 10.7. The van der Waals surface area contributed by atoms with Crippen LogP contribution in [0, 0.1) is 0 Å². The summed E-state index contributed by atoms with van der Waals surface area (Å²) in [5.41, 5.74) is 0.419. The third-order valence-corrected chi connectivity index (χ3v) is 3.58. The van der Waals surface area contributed by atoms with Crippen LogP contribution in [-0.4, -0.2) is 20.6 Å². The predicted molar refractivity (Wildman–Crippen MR) is 75.9 cm³/mol. The number of benzene rings is 1. The van der Waals surface area contributed by atoms with Crippen LogP contribution in [0.25, 0.3) is 6.08 Å². The van der Waals surface area contributed by atoms with Crippen molar-refractivity contribution < 1.29 is 17.6 Å². The molecule has 1 aromatic carbocycles. The van der Waals surface area contributed by atoms with E-state index in [-0.39, 0.29) is 10.8 Å². The van der Waals surface area contributed by atoms with Crippen molar-refractivity contribution in [1.82, 2.24) is 0 Å². The maximum atomic E-state index is 11.7. The normalized spacial score (nSPS) is 11.7. The van der Waals surface area contributed by atoms with Crippen molar-refractivity contribution in [2.45, 2.75) is 4.90 Å². The summed E-state index contributed by atoms with van der Waals surface area (Å²) in [5.74, 6) is 0.192. The number of nitrogens with one attached hydrogen (secondary N) is 1. The second kappa shape index (κ2) is 5.75. The number of hydrogen-bond donors (Lipinski definition) is 1. The third-order valence-electron chi connectivity index (χ3n) is 2.47. The molecule has 2 rings (SSSR count). The molecule has 0 bridgehead atoms. The minimum atomic E-state index is -3.29. The standard InChI is InChI=1S/C14H13NO4S/c1-20(17,18)13-6-2-4-11(10-13)15-14(16)8-7-12-5-3-9-19-12/h2-10H,1H3,(H,15,16)/b8-7+. The first kappa shape index (κ1) is 14.1. The maximum Gasteiger partial charge on any atom is 0.248 e. The fourth-order valence-corrected chi connectivity index (χ4v) is 2.20. The van der Waals surface area contributed by atoms with Crippen LogP contribution in [0.2, 0.25) is 0 Å². The van der Waals surface area contributed by atoms with Crippen molar-refractivity contribution in [3.05, 3.63) is 54.5 Å². The Kier molecular flexibility index (Phi) is 4.05. The second-order valence-electron chi connectivity index (χ2n) is 4.14. The summed E-state index contributed by atoms with van der Waals surface area (Å²) in [7, 11) is -3.29. The average molecular weight is 291 g/mol. The van der Waals surface area contributed by atoms with Crippen LogP contribution >= 0.6 is 0 Å². The Morgan fingerprint density at radius 3 is 2.70 bits per heavy atom. The molecule has 0 atom stereocenters. The minimum absolute atomic E-state index is 0.158. The van der Waals surface area contributed by atoms with E-state index in [9.17, 15) is 13.2 Å². The van der Waals surface area contributed by atoms with Gasteiger partial charge in [-0.3, -0.25) is 4.79 Å². The fraction of sp³-hybridized carbons (Fsp3) is 0.0714. The number of carbonyl (C=O) groups is 1. The first-order valence-electron chi connectivity index (χ1n) is 5.78. The highest BCUT2D eigenvalue weighted by Gasteiger charge is 2.08. The van der Waals surface area contributed by atoms with Gasteiger partial charge in [-0.1, -0.05) is 6.07 Å². The predicted octanol–water partition coefficient (Wildman–Crippen LogP) is 2.33. The summed E-state index contributed by atoms with van der Waals surface area (Å²) >= 11 is 0. The molecule has 1 N–H and O–H groups in total. The molecule has 104 valence electrons. The van der Waals surface area contributed by atoms with E-state index in [0.717, 1.165) is 6.26 Å². The number of rotatable bonds is 4. The Morgan fingerprint density at radius 1 is 1.25 bits per heavy atom. The van der Waals surface area contributed by atoms with E-state index in [1.54, 1.807) is 24.3 Å².